The van der Waals surface area contributed by atoms with E-state index in [2.05, 4.69) is 25.9 Å². The number of guanidine groups is 1. The number of esters is 1. The molecule has 0 aliphatic rings. The highest BCUT2D eigenvalue weighted by atomic mass is 127. The molecule has 178 valence electrons. The van der Waals surface area contributed by atoms with Crippen LogP contribution in [0.15, 0.2) is 4.99 Å². The number of thiazole rings is 1. The normalized spacial score (nSPS) is 12.4. The lowest BCUT2D eigenvalue weighted by atomic mass is 10.2. The number of nitrogens with one attached hydrogen (secondary N) is 3. The van der Waals surface area contributed by atoms with E-state index in [0.717, 1.165) is 5.01 Å². The van der Waals surface area contributed by atoms with Gasteiger partial charge in [-0.15, -0.1) is 35.3 Å². The summed E-state index contributed by atoms with van der Waals surface area (Å²) in [4.78, 5) is 33.2. The van der Waals surface area contributed by atoms with Crippen LogP contribution in [-0.4, -0.2) is 54.8 Å². The van der Waals surface area contributed by atoms with E-state index in [-0.39, 0.29) is 36.0 Å². The Morgan fingerprint density at radius 3 is 2.48 bits per heavy atom. The Labute approximate surface area is 206 Å². The highest BCUT2D eigenvalue weighted by Gasteiger charge is 2.20. The van der Waals surface area contributed by atoms with Gasteiger partial charge < -0.3 is 25.4 Å². The van der Waals surface area contributed by atoms with Gasteiger partial charge in [0, 0.05) is 19.6 Å². The minimum Gasteiger partial charge on any atom is -0.462 e. The van der Waals surface area contributed by atoms with Gasteiger partial charge in [0.15, 0.2) is 5.96 Å². The number of halogens is 1. The van der Waals surface area contributed by atoms with Crippen LogP contribution in [0.5, 0.6) is 0 Å². The Bertz CT molecular complexity index is 734. The number of hydrogen-bond donors (Lipinski definition) is 3. The zero-order valence-corrected chi connectivity index (χ0v) is 22.6. The molecule has 1 amide bonds. The fourth-order valence-electron chi connectivity index (χ4n) is 2.35. The molecular weight excluding hydrogens is 533 g/mol. The quantitative estimate of drug-likeness (QED) is 0.136. The number of carbonyl (C=O) groups excluding carboxylic acids is 2. The van der Waals surface area contributed by atoms with Crippen LogP contribution in [0.4, 0.5) is 4.79 Å². The molecule has 9 nitrogen and oxygen atoms in total. The molecule has 0 bridgehead atoms. The van der Waals surface area contributed by atoms with Crippen molar-refractivity contribution in [2.24, 2.45) is 4.99 Å². The van der Waals surface area contributed by atoms with Gasteiger partial charge in [-0.05, 0) is 54.9 Å². The minimum atomic E-state index is -0.512. The summed E-state index contributed by atoms with van der Waals surface area (Å²) in [5, 5.41) is 9.99. The van der Waals surface area contributed by atoms with Crippen molar-refractivity contribution in [3.05, 3.63) is 15.6 Å². The highest BCUT2D eigenvalue weighted by molar-refractivity contribution is 14.0. The molecule has 1 unspecified atom stereocenters. The fraction of sp³-hybridized carbons (Fsp3) is 0.700. The SMILES string of the molecule is CCNC(=NCCCNC(=O)OC(C)(C)C)NC(C)c1nc(C)c(C(=O)OCC)s1.I. The number of amides is 1. The number of hydrogen-bond acceptors (Lipinski definition) is 7. The van der Waals surface area contributed by atoms with Crippen LogP contribution in [0.3, 0.4) is 0 Å². The third-order valence-electron chi connectivity index (χ3n) is 3.61. The van der Waals surface area contributed by atoms with Crippen LogP contribution in [0.1, 0.15) is 74.4 Å². The van der Waals surface area contributed by atoms with Gasteiger partial charge in [-0.2, -0.15) is 0 Å². The molecule has 0 radical (unpaired) electrons. The maximum atomic E-state index is 12.0. The Morgan fingerprint density at radius 1 is 1.23 bits per heavy atom. The van der Waals surface area contributed by atoms with Gasteiger partial charge in [-0.3, -0.25) is 4.99 Å². The molecular formula is C20H36IN5O4S. The molecule has 3 N–H and O–H groups in total. The van der Waals surface area contributed by atoms with Gasteiger partial charge in [0.05, 0.1) is 18.3 Å². The standard InChI is InChI=1S/C20H35N5O4S.HI/c1-8-21-18(22-11-10-12-23-19(27)29-20(5,6)7)25-14(4)16-24-13(3)15(30-16)17(26)28-9-2;/h14H,8-12H2,1-7H3,(H,23,27)(H2,21,22,25);1H. The van der Waals surface area contributed by atoms with E-state index in [4.69, 9.17) is 9.47 Å². The van der Waals surface area contributed by atoms with E-state index in [1.54, 1.807) is 13.8 Å². The van der Waals surface area contributed by atoms with E-state index in [1.807, 2.05) is 34.6 Å². The molecule has 0 aromatic carbocycles. The van der Waals surface area contributed by atoms with Crippen molar-refractivity contribution in [1.82, 2.24) is 20.9 Å². The fourth-order valence-corrected chi connectivity index (χ4v) is 3.31. The van der Waals surface area contributed by atoms with Gasteiger partial charge in [-0.1, -0.05) is 0 Å². The number of carbonyl (C=O) groups is 2. The lowest BCUT2D eigenvalue weighted by Gasteiger charge is -2.19. The average Bonchev–Trinajstić information content (AvgIpc) is 3.02. The van der Waals surface area contributed by atoms with Gasteiger partial charge in [0.2, 0.25) is 0 Å². The van der Waals surface area contributed by atoms with Gasteiger partial charge in [-0.25, -0.2) is 14.6 Å². The van der Waals surface area contributed by atoms with Gasteiger partial charge in [0.1, 0.15) is 15.5 Å². The van der Waals surface area contributed by atoms with Crippen LogP contribution < -0.4 is 16.0 Å². The maximum Gasteiger partial charge on any atom is 0.407 e. The van der Waals surface area contributed by atoms with E-state index >= 15 is 0 Å². The Hall–Kier alpha value is -1.63. The first-order chi connectivity index (χ1) is 14.1. The van der Waals surface area contributed by atoms with Crippen molar-refractivity contribution in [3.8, 4) is 0 Å². The molecule has 1 heterocycles. The van der Waals surface area contributed by atoms with Crippen molar-refractivity contribution in [3.63, 3.8) is 0 Å². The summed E-state index contributed by atoms with van der Waals surface area (Å²) in [6.45, 7) is 15.0. The third kappa shape index (κ3) is 11.5. The van der Waals surface area contributed by atoms with Crippen molar-refractivity contribution in [1.29, 1.82) is 0 Å². The second-order valence-electron chi connectivity index (χ2n) is 7.60. The van der Waals surface area contributed by atoms with Gasteiger partial charge >= 0.3 is 12.1 Å². The molecule has 0 spiro atoms. The number of rotatable bonds is 9. The summed E-state index contributed by atoms with van der Waals surface area (Å²) >= 11 is 1.32. The second kappa shape index (κ2) is 14.4. The van der Waals surface area contributed by atoms with Crippen LogP contribution in [-0.2, 0) is 9.47 Å². The maximum absolute atomic E-state index is 12.0. The number of aromatic nitrogens is 1. The number of aryl methyl sites for hydroxylation is 1. The Balaban J connectivity index is 0.00000900. The Kier molecular flexibility index (Phi) is 13.7. The molecule has 0 fully saturated rings. The zero-order valence-electron chi connectivity index (χ0n) is 19.5. The van der Waals surface area contributed by atoms with Crippen LogP contribution in [0.2, 0.25) is 0 Å². The monoisotopic (exact) mass is 569 g/mol. The van der Waals surface area contributed by atoms with Crippen LogP contribution in [0, 0.1) is 6.92 Å². The summed E-state index contributed by atoms with van der Waals surface area (Å²) in [5.74, 6) is 0.303. The van der Waals surface area contributed by atoms with Gasteiger partial charge in [0.25, 0.3) is 0 Å². The summed E-state index contributed by atoms with van der Waals surface area (Å²) in [7, 11) is 0. The number of nitrogens with zero attached hydrogens (tertiary/aromatic N) is 2. The van der Waals surface area contributed by atoms with Crippen molar-refractivity contribution in [2.45, 2.75) is 66.5 Å². The summed E-state index contributed by atoms with van der Waals surface area (Å²) in [6.07, 6.45) is 0.245. The summed E-state index contributed by atoms with van der Waals surface area (Å²) < 4.78 is 10.3. The molecule has 0 aliphatic heterocycles. The molecule has 31 heavy (non-hydrogen) atoms. The topological polar surface area (TPSA) is 114 Å². The van der Waals surface area contributed by atoms with Crippen LogP contribution in [0.25, 0.3) is 0 Å². The Morgan fingerprint density at radius 2 is 1.90 bits per heavy atom. The van der Waals surface area contributed by atoms with E-state index in [1.165, 1.54) is 11.3 Å². The molecule has 1 aromatic rings. The lowest BCUT2D eigenvalue weighted by Crippen LogP contribution is -2.39. The average molecular weight is 570 g/mol. The molecule has 0 aliphatic carbocycles. The predicted octanol–water partition coefficient (Wildman–Crippen LogP) is 3.78. The first-order valence-corrected chi connectivity index (χ1v) is 11.0. The predicted molar refractivity (Wildman–Crippen MR) is 135 cm³/mol. The van der Waals surface area contributed by atoms with E-state index < -0.39 is 11.7 Å². The van der Waals surface area contributed by atoms with Crippen molar-refractivity contribution in [2.75, 3.05) is 26.2 Å². The molecule has 1 rings (SSSR count). The number of ether oxygens (including phenoxy) is 2. The lowest BCUT2D eigenvalue weighted by molar-refractivity contribution is 0.0518. The molecule has 0 saturated carbocycles. The first-order valence-electron chi connectivity index (χ1n) is 10.2. The summed E-state index contributed by atoms with van der Waals surface area (Å²) in [6, 6.07) is -0.130. The molecule has 0 saturated heterocycles. The number of alkyl carbamates (subject to hydrolysis) is 1. The second-order valence-corrected chi connectivity index (χ2v) is 8.63. The molecule has 1 aromatic heterocycles. The van der Waals surface area contributed by atoms with E-state index in [0.29, 0.717) is 49.2 Å². The van der Waals surface area contributed by atoms with Crippen molar-refractivity contribution < 1.29 is 19.1 Å². The molecule has 11 heteroatoms. The number of aliphatic imine (C=N–C) groups is 1. The largest absolute Gasteiger partial charge is 0.462 e. The van der Waals surface area contributed by atoms with E-state index in [9.17, 15) is 9.59 Å². The van der Waals surface area contributed by atoms with Crippen LogP contribution >= 0.6 is 35.3 Å². The summed E-state index contributed by atoms with van der Waals surface area (Å²) in [5.41, 5.74) is 0.152. The third-order valence-corrected chi connectivity index (χ3v) is 4.94. The zero-order chi connectivity index (χ0) is 22.7. The van der Waals surface area contributed by atoms with Crippen molar-refractivity contribution >= 4 is 53.3 Å². The smallest absolute Gasteiger partial charge is 0.407 e. The minimum absolute atomic E-state index is 0. The molecule has 1 atom stereocenters. The highest BCUT2D eigenvalue weighted by Crippen LogP contribution is 2.24. The first kappa shape index (κ1) is 29.4.